The Kier molecular flexibility index (Phi) is 5.71. The van der Waals surface area contributed by atoms with Gasteiger partial charge < -0.3 is 5.11 Å². The van der Waals surface area contributed by atoms with E-state index in [0.29, 0.717) is 6.42 Å². The van der Waals surface area contributed by atoms with Crippen molar-refractivity contribution in [1.29, 1.82) is 0 Å². The predicted molar refractivity (Wildman–Crippen MR) is 80.0 cm³/mol. The standard InChI is InChI=1S/C15H17NO.C2H6/c1-12-8-9-14(16-11-12)10-15(2,17)13-6-4-3-5-7-13;1-2/h3-9,11,17H,10H2,1-2H3;1-2H3. The normalized spacial score (nSPS) is 13.1. The number of pyridine rings is 1. The lowest BCUT2D eigenvalue weighted by Gasteiger charge is -2.23. The van der Waals surface area contributed by atoms with Gasteiger partial charge in [0.05, 0.1) is 5.60 Å². The molecule has 1 aromatic carbocycles. The van der Waals surface area contributed by atoms with Crippen molar-refractivity contribution < 1.29 is 5.11 Å². The number of benzene rings is 1. The third-order valence-electron chi connectivity index (χ3n) is 2.89. The van der Waals surface area contributed by atoms with Gasteiger partial charge in [-0.1, -0.05) is 50.2 Å². The number of aryl methyl sites for hydroxylation is 1. The van der Waals surface area contributed by atoms with E-state index < -0.39 is 5.60 Å². The Morgan fingerprint density at radius 1 is 1.05 bits per heavy atom. The molecule has 0 amide bonds. The number of rotatable bonds is 3. The summed E-state index contributed by atoms with van der Waals surface area (Å²) in [4.78, 5) is 4.33. The number of aliphatic hydroxyl groups is 1. The Balaban J connectivity index is 0.000000861. The van der Waals surface area contributed by atoms with Crippen LogP contribution in [0, 0.1) is 6.92 Å². The van der Waals surface area contributed by atoms with E-state index in [1.54, 1.807) is 0 Å². The van der Waals surface area contributed by atoms with Crippen LogP contribution >= 0.6 is 0 Å². The van der Waals surface area contributed by atoms with Crippen LogP contribution in [0.15, 0.2) is 48.7 Å². The maximum absolute atomic E-state index is 10.5. The third-order valence-corrected chi connectivity index (χ3v) is 2.89. The number of aromatic nitrogens is 1. The average Bonchev–Trinajstić information content (AvgIpc) is 2.44. The highest BCUT2D eigenvalue weighted by atomic mass is 16.3. The molecule has 2 nitrogen and oxygen atoms in total. The third kappa shape index (κ3) is 4.49. The first-order valence-electron chi connectivity index (χ1n) is 6.77. The summed E-state index contributed by atoms with van der Waals surface area (Å²) in [5.41, 5.74) is 2.09. The van der Waals surface area contributed by atoms with Gasteiger partial charge in [0.25, 0.3) is 0 Å². The van der Waals surface area contributed by atoms with E-state index in [4.69, 9.17) is 0 Å². The van der Waals surface area contributed by atoms with Crippen molar-refractivity contribution in [2.24, 2.45) is 0 Å². The molecule has 1 unspecified atom stereocenters. The molecular formula is C17H23NO. The van der Waals surface area contributed by atoms with Gasteiger partial charge in [0.1, 0.15) is 0 Å². The van der Waals surface area contributed by atoms with Crippen molar-refractivity contribution in [1.82, 2.24) is 4.98 Å². The van der Waals surface area contributed by atoms with Crippen LogP contribution in [-0.2, 0) is 12.0 Å². The number of nitrogens with zero attached hydrogens (tertiary/aromatic N) is 1. The zero-order valence-corrected chi connectivity index (χ0v) is 12.2. The first-order valence-corrected chi connectivity index (χ1v) is 6.77. The predicted octanol–water partition coefficient (Wildman–Crippen LogP) is 3.87. The van der Waals surface area contributed by atoms with Gasteiger partial charge >= 0.3 is 0 Å². The summed E-state index contributed by atoms with van der Waals surface area (Å²) < 4.78 is 0. The molecule has 2 heteroatoms. The molecule has 0 radical (unpaired) electrons. The van der Waals surface area contributed by atoms with E-state index in [1.807, 2.05) is 76.4 Å². The minimum Gasteiger partial charge on any atom is -0.385 e. The molecule has 0 bridgehead atoms. The average molecular weight is 257 g/mol. The van der Waals surface area contributed by atoms with Crippen molar-refractivity contribution in [2.45, 2.75) is 39.7 Å². The summed E-state index contributed by atoms with van der Waals surface area (Å²) in [6.07, 6.45) is 2.35. The Morgan fingerprint density at radius 3 is 2.21 bits per heavy atom. The molecule has 102 valence electrons. The zero-order chi connectivity index (χ0) is 14.3. The summed E-state index contributed by atoms with van der Waals surface area (Å²) in [5, 5.41) is 10.5. The van der Waals surface area contributed by atoms with Gasteiger partial charge in [0.2, 0.25) is 0 Å². The van der Waals surface area contributed by atoms with E-state index in [0.717, 1.165) is 16.8 Å². The second-order valence-electron chi connectivity index (χ2n) is 4.64. The molecule has 1 heterocycles. The second kappa shape index (κ2) is 7.05. The first kappa shape index (κ1) is 15.4. The molecule has 2 aromatic rings. The van der Waals surface area contributed by atoms with E-state index in [1.165, 1.54) is 0 Å². The Hall–Kier alpha value is -1.67. The van der Waals surface area contributed by atoms with E-state index in [-0.39, 0.29) is 0 Å². The van der Waals surface area contributed by atoms with Gasteiger partial charge in [-0.15, -0.1) is 0 Å². The smallest absolute Gasteiger partial charge is 0.0923 e. The Bertz CT molecular complexity index is 474. The highest BCUT2D eigenvalue weighted by molar-refractivity contribution is 5.24. The molecule has 0 saturated carbocycles. The molecule has 0 saturated heterocycles. The molecule has 2 rings (SSSR count). The fourth-order valence-electron chi connectivity index (χ4n) is 1.85. The monoisotopic (exact) mass is 257 g/mol. The lowest BCUT2D eigenvalue weighted by molar-refractivity contribution is 0.0566. The summed E-state index contributed by atoms with van der Waals surface area (Å²) in [7, 11) is 0. The van der Waals surface area contributed by atoms with Crippen LogP contribution in [0.3, 0.4) is 0 Å². The lowest BCUT2D eigenvalue weighted by atomic mass is 9.91. The van der Waals surface area contributed by atoms with Gasteiger partial charge in [-0.2, -0.15) is 0 Å². The maximum atomic E-state index is 10.5. The molecule has 0 fully saturated rings. The minimum absolute atomic E-state index is 0.525. The van der Waals surface area contributed by atoms with Gasteiger partial charge in [-0.25, -0.2) is 0 Å². The van der Waals surface area contributed by atoms with Crippen LogP contribution in [0.1, 0.15) is 37.6 Å². The molecular weight excluding hydrogens is 234 g/mol. The number of hydrogen-bond donors (Lipinski definition) is 1. The largest absolute Gasteiger partial charge is 0.385 e. The van der Waals surface area contributed by atoms with Crippen molar-refractivity contribution in [3.05, 3.63) is 65.5 Å². The fourth-order valence-corrected chi connectivity index (χ4v) is 1.85. The molecule has 1 aromatic heterocycles. The molecule has 0 aliphatic rings. The topological polar surface area (TPSA) is 33.1 Å². The quantitative estimate of drug-likeness (QED) is 0.905. The van der Waals surface area contributed by atoms with Gasteiger partial charge in [-0.3, -0.25) is 4.98 Å². The van der Waals surface area contributed by atoms with Crippen molar-refractivity contribution in [2.75, 3.05) is 0 Å². The SMILES string of the molecule is CC.Cc1ccc(CC(C)(O)c2ccccc2)nc1. The first-order chi connectivity index (χ1) is 9.08. The summed E-state index contributed by atoms with van der Waals surface area (Å²) >= 11 is 0. The van der Waals surface area contributed by atoms with Gasteiger partial charge in [0.15, 0.2) is 0 Å². The van der Waals surface area contributed by atoms with Crippen molar-refractivity contribution >= 4 is 0 Å². The van der Waals surface area contributed by atoms with Crippen LogP contribution in [0.25, 0.3) is 0 Å². The zero-order valence-electron chi connectivity index (χ0n) is 12.2. The van der Waals surface area contributed by atoms with Crippen molar-refractivity contribution in [3.63, 3.8) is 0 Å². The van der Waals surface area contributed by atoms with Crippen LogP contribution in [0.2, 0.25) is 0 Å². The van der Waals surface area contributed by atoms with E-state index in [9.17, 15) is 5.11 Å². The molecule has 0 spiro atoms. The molecule has 1 N–H and O–H groups in total. The van der Waals surface area contributed by atoms with Crippen molar-refractivity contribution in [3.8, 4) is 0 Å². The Morgan fingerprint density at radius 2 is 1.68 bits per heavy atom. The highest BCUT2D eigenvalue weighted by Crippen LogP contribution is 2.24. The van der Waals surface area contributed by atoms with Gasteiger partial charge in [0, 0.05) is 18.3 Å². The molecule has 1 atom stereocenters. The number of hydrogen-bond acceptors (Lipinski definition) is 2. The highest BCUT2D eigenvalue weighted by Gasteiger charge is 2.23. The van der Waals surface area contributed by atoms with Gasteiger partial charge in [-0.05, 0) is 31.0 Å². The molecule has 0 aliphatic heterocycles. The lowest BCUT2D eigenvalue weighted by Crippen LogP contribution is -2.24. The second-order valence-corrected chi connectivity index (χ2v) is 4.64. The van der Waals surface area contributed by atoms with Crippen LogP contribution in [0.5, 0.6) is 0 Å². The van der Waals surface area contributed by atoms with E-state index in [2.05, 4.69) is 4.98 Å². The summed E-state index contributed by atoms with van der Waals surface area (Å²) in [5.74, 6) is 0. The minimum atomic E-state index is -0.872. The van der Waals surface area contributed by atoms with Crippen LogP contribution in [0.4, 0.5) is 0 Å². The summed E-state index contributed by atoms with van der Waals surface area (Å²) in [6.45, 7) is 7.83. The van der Waals surface area contributed by atoms with E-state index >= 15 is 0 Å². The summed E-state index contributed by atoms with van der Waals surface area (Å²) in [6, 6.07) is 13.7. The van der Waals surface area contributed by atoms with Crippen LogP contribution in [-0.4, -0.2) is 10.1 Å². The molecule has 0 aliphatic carbocycles. The molecule has 19 heavy (non-hydrogen) atoms. The fraction of sp³-hybridized carbons (Fsp3) is 0.353. The van der Waals surface area contributed by atoms with Crippen LogP contribution < -0.4 is 0 Å². The Labute approximate surface area is 116 Å². The maximum Gasteiger partial charge on any atom is 0.0923 e.